The molecular formula is C12H14F3N3. The Bertz CT molecular complexity index is 526. The highest BCUT2D eigenvalue weighted by molar-refractivity contribution is 5.56. The lowest BCUT2D eigenvalue weighted by Gasteiger charge is -2.01. The van der Waals surface area contributed by atoms with Crippen LogP contribution in [0.3, 0.4) is 0 Å². The molecule has 18 heavy (non-hydrogen) atoms. The second-order valence-corrected chi connectivity index (χ2v) is 3.92. The van der Waals surface area contributed by atoms with E-state index >= 15 is 0 Å². The zero-order chi connectivity index (χ0) is 12.6. The molecule has 3 N–H and O–H groups in total. The van der Waals surface area contributed by atoms with Crippen molar-refractivity contribution in [3.63, 3.8) is 0 Å². The van der Waals surface area contributed by atoms with E-state index in [9.17, 15) is 13.2 Å². The lowest BCUT2D eigenvalue weighted by atomic mass is 10.1. The van der Waals surface area contributed by atoms with Crippen molar-refractivity contribution >= 4 is 0 Å². The minimum Gasteiger partial charge on any atom is -0.344 e. The highest BCUT2D eigenvalue weighted by Crippen LogP contribution is 2.30. The third kappa shape index (κ3) is 2.70. The van der Waals surface area contributed by atoms with Gasteiger partial charge in [0.05, 0.1) is 0 Å². The van der Waals surface area contributed by atoms with Gasteiger partial charge in [-0.05, 0) is 6.92 Å². The van der Waals surface area contributed by atoms with Crippen LogP contribution in [0.2, 0.25) is 0 Å². The van der Waals surface area contributed by atoms with Gasteiger partial charge in [0.2, 0.25) is 0 Å². The van der Waals surface area contributed by atoms with Gasteiger partial charge in [-0.3, -0.25) is 0 Å². The normalized spacial score (nSPS) is 11.2. The van der Waals surface area contributed by atoms with Crippen molar-refractivity contribution in [3.8, 4) is 11.4 Å². The van der Waals surface area contributed by atoms with E-state index in [-0.39, 0.29) is 6.15 Å². The van der Waals surface area contributed by atoms with Crippen LogP contribution in [0.1, 0.15) is 11.3 Å². The summed E-state index contributed by atoms with van der Waals surface area (Å²) in [5, 5.41) is 0. The molecule has 3 nitrogen and oxygen atoms in total. The summed E-state index contributed by atoms with van der Waals surface area (Å²) in [5.41, 5.74) is 0.864. The molecular weight excluding hydrogens is 243 g/mol. The molecule has 98 valence electrons. The number of aryl methyl sites for hydroxylation is 2. The molecule has 0 aliphatic heterocycles. The van der Waals surface area contributed by atoms with E-state index in [1.54, 1.807) is 19.2 Å². The van der Waals surface area contributed by atoms with Gasteiger partial charge >= 0.3 is 6.18 Å². The second-order valence-electron chi connectivity index (χ2n) is 3.92. The SMILES string of the molecule is Cc1ccc(-c2nc(C(F)(F)F)cn2C)cc1.N. The molecule has 0 radical (unpaired) electrons. The van der Waals surface area contributed by atoms with Gasteiger partial charge < -0.3 is 10.7 Å². The van der Waals surface area contributed by atoms with E-state index in [0.29, 0.717) is 11.4 Å². The van der Waals surface area contributed by atoms with Crippen LogP contribution in [0.15, 0.2) is 30.5 Å². The van der Waals surface area contributed by atoms with Crippen molar-refractivity contribution in [1.29, 1.82) is 0 Å². The zero-order valence-corrected chi connectivity index (χ0v) is 10.1. The Morgan fingerprint density at radius 3 is 2.11 bits per heavy atom. The number of imidazole rings is 1. The lowest BCUT2D eigenvalue weighted by molar-refractivity contribution is -0.140. The van der Waals surface area contributed by atoms with Crippen LogP contribution in [0, 0.1) is 6.92 Å². The van der Waals surface area contributed by atoms with Crippen molar-refractivity contribution < 1.29 is 13.2 Å². The molecule has 0 aliphatic carbocycles. The number of benzene rings is 1. The van der Waals surface area contributed by atoms with Crippen molar-refractivity contribution in [2.24, 2.45) is 7.05 Å². The van der Waals surface area contributed by atoms with Crippen molar-refractivity contribution in [2.45, 2.75) is 13.1 Å². The first-order valence-corrected chi connectivity index (χ1v) is 5.05. The maximum atomic E-state index is 12.5. The minimum absolute atomic E-state index is 0. The Hall–Kier alpha value is -1.82. The van der Waals surface area contributed by atoms with Crippen LogP contribution in [0.25, 0.3) is 11.4 Å². The Kier molecular flexibility index (Phi) is 3.81. The quantitative estimate of drug-likeness (QED) is 0.848. The summed E-state index contributed by atoms with van der Waals surface area (Å²) in [6.45, 7) is 1.92. The van der Waals surface area contributed by atoms with E-state index in [2.05, 4.69) is 4.98 Å². The largest absolute Gasteiger partial charge is 0.434 e. The van der Waals surface area contributed by atoms with Gasteiger partial charge in [-0.1, -0.05) is 29.8 Å². The lowest BCUT2D eigenvalue weighted by Crippen LogP contribution is -2.04. The van der Waals surface area contributed by atoms with Gasteiger partial charge in [0, 0.05) is 18.8 Å². The number of halogens is 3. The zero-order valence-electron chi connectivity index (χ0n) is 10.1. The van der Waals surface area contributed by atoms with Crippen LogP contribution in [0.5, 0.6) is 0 Å². The molecule has 0 aliphatic rings. The number of aromatic nitrogens is 2. The average molecular weight is 257 g/mol. The molecule has 0 bridgehead atoms. The monoisotopic (exact) mass is 257 g/mol. The summed E-state index contributed by atoms with van der Waals surface area (Å²) in [6, 6.07) is 7.21. The third-order valence-corrected chi connectivity index (χ3v) is 2.48. The van der Waals surface area contributed by atoms with Crippen LogP contribution in [-0.4, -0.2) is 9.55 Å². The van der Waals surface area contributed by atoms with Crippen molar-refractivity contribution in [1.82, 2.24) is 15.7 Å². The first-order valence-electron chi connectivity index (χ1n) is 5.05. The first-order chi connectivity index (χ1) is 7.88. The van der Waals surface area contributed by atoms with E-state index < -0.39 is 11.9 Å². The van der Waals surface area contributed by atoms with Gasteiger partial charge in [-0.15, -0.1) is 0 Å². The molecule has 0 atom stereocenters. The molecule has 0 saturated carbocycles. The molecule has 0 amide bonds. The number of hydrogen-bond donors (Lipinski definition) is 1. The Labute approximate surface area is 103 Å². The Morgan fingerprint density at radius 2 is 1.67 bits per heavy atom. The molecule has 0 saturated heterocycles. The van der Waals surface area contributed by atoms with Gasteiger partial charge in [-0.25, -0.2) is 4.98 Å². The third-order valence-electron chi connectivity index (χ3n) is 2.48. The van der Waals surface area contributed by atoms with Crippen LogP contribution in [0.4, 0.5) is 13.2 Å². The predicted octanol–water partition coefficient (Wildman–Crippen LogP) is 3.58. The fraction of sp³-hybridized carbons (Fsp3) is 0.250. The van der Waals surface area contributed by atoms with E-state index in [0.717, 1.165) is 11.8 Å². The Balaban J connectivity index is 0.00000162. The number of nitrogens with zero attached hydrogens (tertiary/aromatic N) is 2. The van der Waals surface area contributed by atoms with Crippen LogP contribution < -0.4 is 6.15 Å². The summed E-state index contributed by atoms with van der Waals surface area (Å²) in [4.78, 5) is 3.62. The van der Waals surface area contributed by atoms with E-state index in [4.69, 9.17) is 0 Å². The molecule has 0 fully saturated rings. The first kappa shape index (κ1) is 14.2. The number of rotatable bonds is 1. The average Bonchev–Trinajstić information content (AvgIpc) is 2.61. The summed E-state index contributed by atoms with van der Waals surface area (Å²) in [6.07, 6.45) is -3.41. The maximum Gasteiger partial charge on any atom is 0.434 e. The maximum absolute atomic E-state index is 12.5. The molecule has 1 aromatic carbocycles. The topological polar surface area (TPSA) is 52.8 Å². The fourth-order valence-corrected chi connectivity index (χ4v) is 1.57. The molecule has 6 heteroatoms. The summed E-state index contributed by atoms with van der Waals surface area (Å²) >= 11 is 0. The molecule has 2 aromatic rings. The standard InChI is InChI=1S/C12H11F3N2.H3N/c1-8-3-5-9(6-4-8)11-16-10(7-17(11)2)12(13,14)15;/h3-7H,1-2H3;1H3. The summed E-state index contributed by atoms with van der Waals surface area (Å²) < 4.78 is 38.8. The summed E-state index contributed by atoms with van der Waals surface area (Å²) in [7, 11) is 1.55. The molecule has 0 unspecified atom stereocenters. The Morgan fingerprint density at radius 1 is 1.11 bits per heavy atom. The van der Waals surface area contributed by atoms with Gasteiger partial charge in [0.25, 0.3) is 0 Å². The smallest absolute Gasteiger partial charge is 0.344 e. The van der Waals surface area contributed by atoms with Crippen molar-refractivity contribution in [3.05, 3.63) is 41.7 Å². The van der Waals surface area contributed by atoms with E-state index in [1.807, 2.05) is 19.1 Å². The molecule has 0 spiro atoms. The molecule has 2 rings (SSSR count). The number of hydrogen-bond acceptors (Lipinski definition) is 2. The fourth-order valence-electron chi connectivity index (χ4n) is 1.57. The summed E-state index contributed by atoms with van der Waals surface area (Å²) in [5.74, 6) is 0.317. The van der Waals surface area contributed by atoms with Crippen LogP contribution in [-0.2, 0) is 13.2 Å². The van der Waals surface area contributed by atoms with Gasteiger partial charge in [0.1, 0.15) is 5.82 Å². The number of alkyl halides is 3. The minimum atomic E-state index is -4.40. The van der Waals surface area contributed by atoms with Gasteiger partial charge in [-0.2, -0.15) is 13.2 Å². The molecule has 1 aromatic heterocycles. The predicted molar refractivity (Wildman–Crippen MR) is 63.4 cm³/mol. The van der Waals surface area contributed by atoms with E-state index in [1.165, 1.54) is 4.57 Å². The van der Waals surface area contributed by atoms with Crippen molar-refractivity contribution in [2.75, 3.05) is 0 Å². The highest BCUT2D eigenvalue weighted by atomic mass is 19.4. The highest BCUT2D eigenvalue weighted by Gasteiger charge is 2.34. The molecule has 1 heterocycles. The van der Waals surface area contributed by atoms with Crippen LogP contribution >= 0.6 is 0 Å². The van der Waals surface area contributed by atoms with Gasteiger partial charge in [0.15, 0.2) is 5.69 Å². The second kappa shape index (κ2) is 4.81.